The fourth-order valence-electron chi connectivity index (χ4n) is 4.16. The van der Waals surface area contributed by atoms with Crippen LogP contribution in [0.4, 0.5) is 4.79 Å². The van der Waals surface area contributed by atoms with Crippen molar-refractivity contribution >= 4 is 29.5 Å². The number of fused-ring (bicyclic) bond motifs is 2. The highest BCUT2D eigenvalue weighted by molar-refractivity contribution is 6.23. The maximum Gasteiger partial charge on any atom is 0.405 e. The van der Waals surface area contributed by atoms with Gasteiger partial charge in [-0.1, -0.05) is 25.2 Å². The van der Waals surface area contributed by atoms with E-state index in [2.05, 4.69) is 10.6 Å². The molecule has 1 aliphatic carbocycles. The summed E-state index contributed by atoms with van der Waals surface area (Å²) in [6, 6.07) is 0. The van der Waals surface area contributed by atoms with Gasteiger partial charge in [0.25, 0.3) is 11.8 Å². The second-order valence-electron chi connectivity index (χ2n) is 9.14. The average Bonchev–Trinajstić information content (AvgIpc) is 2.89. The van der Waals surface area contributed by atoms with Crippen molar-refractivity contribution in [2.75, 3.05) is 27.9 Å². The number of methoxy groups -OCH3 is 3. The average molecular weight is 550 g/mol. The van der Waals surface area contributed by atoms with Crippen LogP contribution in [0.5, 0.6) is 0 Å². The van der Waals surface area contributed by atoms with Gasteiger partial charge in [-0.15, -0.1) is 0 Å². The first-order chi connectivity index (χ1) is 18.4. The largest absolute Gasteiger partial charge is 0.492 e. The highest BCUT2D eigenvalue weighted by Crippen LogP contribution is 2.27. The Labute approximate surface area is 226 Å². The number of β-amino-alcohol motifs (C(OH)–C–C–N with tert-alkyl or cyclic N) is 1. The molecule has 5 atom stereocenters. The normalized spacial score (nSPS) is 29.9. The number of hydrogen-bond donors (Lipinski definition) is 4. The lowest BCUT2D eigenvalue weighted by molar-refractivity contribution is -0.135. The summed E-state index contributed by atoms with van der Waals surface area (Å²) in [5.41, 5.74) is 5.17. The number of carbonyl (C=O) groups is 5. The molecule has 2 bridgehead atoms. The third kappa shape index (κ3) is 8.34. The summed E-state index contributed by atoms with van der Waals surface area (Å²) < 4.78 is 20.8. The zero-order chi connectivity index (χ0) is 29.3. The van der Waals surface area contributed by atoms with Gasteiger partial charge in [-0.2, -0.15) is 0 Å². The fourth-order valence-corrected chi connectivity index (χ4v) is 4.16. The van der Waals surface area contributed by atoms with Gasteiger partial charge >= 0.3 is 6.09 Å². The minimum atomic E-state index is -1.51. The number of carbonyl (C=O) groups excluding carboxylic acids is 5. The van der Waals surface area contributed by atoms with Crippen LogP contribution in [0.1, 0.15) is 26.7 Å². The van der Waals surface area contributed by atoms with Gasteiger partial charge in [0.05, 0.1) is 25.0 Å². The SMILES string of the molecule is COC1=C2C[C@H](C)C[C@H](OC)[C@H](O)CNC(=O)[C@H](OC(N)=O)C(OC)/C=C\C=C(/C)C(=O)NC(=CC1=O)C2=O. The molecule has 13 nitrogen and oxygen atoms in total. The molecule has 13 heteroatoms. The lowest BCUT2D eigenvalue weighted by Crippen LogP contribution is -2.49. The number of rotatable bonds is 4. The standard InChI is InChI=1S/C26H35N3O10/c1-13-9-15-21(32)16(11-17(30)22(15)38-5)29-24(33)14(2)7-6-8-19(36-3)23(39-26(27)35)25(34)28-12-18(31)20(10-13)37-4/h6-8,11,13,18-20,23,31H,9-10,12H2,1-5H3,(H2,27,35)(H,28,34)(H,29,33)/b8-6-,14-7+/t13-,18+,19?,20-,23+/m0/s1. The summed E-state index contributed by atoms with van der Waals surface area (Å²) in [4.78, 5) is 63.0. The van der Waals surface area contributed by atoms with Gasteiger partial charge in [0.1, 0.15) is 6.10 Å². The Kier molecular flexibility index (Phi) is 11.6. The first-order valence-electron chi connectivity index (χ1n) is 12.1. The second-order valence-corrected chi connectivity index (χ2v) is 9.14. The van der Waals surface area contributed by atoms with Gasteiger partial charge in [-0.3, -0.25) is 19.2 Å². The summed E-state index contributed by atoms with van der Waals surface area (Å²) in [6.45, 7) is 2.99. The number of nitrogens with one attached hydrogen (secondary N) is 2. The van der Waals surface area contributed by atoms with E-state index < -0.39 is 53.9 Å². The number of amides is 3. The van der Waals surface area contributed by atoms with Gasteiger partial charge in [-0.25, -0.2) is 4.79 Å². The van der Waals surface area contributed by atoms with E-state index in [-0.39, 0.29) is 47.9 Å². The first-order valence-corrected chi connectivity index (χ1v) is 12.1. The Hall–Kier alpha value is -3.81. The van der Waals surface area contributed by atoms with E-state index in [1.165, 1.54) is 46.5 Å². The van der Waals surface area contributed by atoms with Crippen LogP contribution in [0.2, 0.25) is 0 Å². The molecule has 0 radical (unpaired) electrons. The predicted molar refractivity (Wildman–Crippen MR) is 137 cm³/mol. The third-order valence-corrected chi connectivity index (χ3v) is 6.23. The van der Waals surface area contributed by atoms with E-state index in [4.69, 9.17) is 24.7 Å². The van der Waals surface area contributed by atoms with E-state index in [9.17, 15) is 29.1 Å². The highest BCUT2D eigenvalue weighted by atomic mass is 16.6. The fraction of sp³-hybridized carbons (Fsp3) is 0.500. The summed E-state index contributed by atoms with van der Waals surface area (Å²) in [5, 5.41) is 15.7. The van der Waals surface area contributed by atoms with Gasteiger partial charge in [0, 0.05) is 38.0 Å². The molecular weight excluding hydrogens is 514 g/mol. The smallest absolute Gasteiger partial charge is 0.405 e. The van der Waals surface area contributed by atoms with Crippen molar-refractivity contribution < 1.29 is 48.0 Å². The molecule has 214 valence electrons. The summed E-state index contributed by atoms with van der Waals surface area (Å²) in [7, 11) is 3.92. The van der Waals surface area contributed by atoms with Crippen LogP contribution in [0.15, 0.2) is 46.9 Å². The van der Waals surface area contributed by atoms with Crippen LogP contribution in [-0.4, -0.2) is 86.9 Å². The molecule has 2 aliphatic rings. The summed E-state index contributed by atoms with van der Waals surface area (Å²) in [5.74, 6) is -3.01. The molecule has 0 fully saturated rings. The first kappa shape index (κ1) is 31.4. The second kappa shape index (κ2) is 14.4. The van der Waals surface area contributed by atoms with E-state index in [1.54, 1.807) is 6.92 Å². The number of aliphatic hydroxyl groups excluding tert-OH is 1. The van der Waals surface area contributed by atoms with E-state index in [0.717, 1.165) is 6.08 Å². The Morgan fingerprint density at radius 3 is 2.41 bits per heavy atom. The minimum Gasteiger partial charge on any atom is -0.492 e. The van der Waals surface area contributed by atoms with Gasteiger partial charge in [-0.05, 0) is 25.7 Å². The lowest BCUT2D eigenvalue weighted by atomic mass is 9.87. The van der Waals surface area contributed by atoms with Crippen molar-refractivity contribution in [2.45, 2.75) is 51.1 Å². The highest BCUT2D eigenvalue weighted by Gasteiger charge is 2.34. The third-order valence-electron chi connectivity index (χ3n) is 6.23. The van der Waals surface area contributed by atoms with E-state index in [0.29, 0.717) is 0 Å². The molecule has 1 heterocycles. The Morgan fingerprint density at radius 2 is 1.82 bits per heavy atom. The molecule has 1 unspecified atom stereocenters. The van der Waals surface area contributed by atoms with Crippen molar-refractivity contribution in [1.29, 1.82) is 0 Å². The number of ketones is 2. The van der Waals surface area contributed by atoms with Crippen LogP contribution < -0.4 is 16.4 Å². The van der Waals surface area contributed by atoms with Crippen LogP contribution >= 0.6 is 0 Å². The molecular formula is C26H35N3O10. The molecule has 1 aliphatic heterocycles. The van der Waals surface area contributed by atoms with Crippen LogP contribution in [0.3, 0.4) is 0 Å². The van der Waals surface area contributed by atoms with Crippen molar-refractivity contribution in [3.8, 4) is 0 Å². The molecule has 2 rings (SSSR count). The molecule has 0 aromatic rings. The van der Waals surface area contributed by atoms with E-state index in [1.807, 2.05) is 0 Å². The van der Waals surface area contributed by atoms with Crippen LogP contribution in [0.25, 0.3) is 0 Å². The predicted octanol–water partition coefficient (Wildman–Crippen LogP) is -0.0578. The number of aliphatic hydroxyl groups is 1. The molecule has 0 aromatic carbocycles. The zero-order valence-electron chi connectivity index (χ0n) is 22.5. The molecule has 39 heavy (non-hydrogen) atoms. The molecule has 5 N–H and O–H groups in total. The molecule has 3 amide bonds. The van der Waals surface area contributed by atoms with Crippen LogP contribution in [0, 0.1) is 5.92 Å². The zero-order valence-corrected chi connectivity index (χ0v) is 22.5. The minimum absolute atomic E-state index is 0.0827. The molecule has 0 saturated heterocycles. The van der Waals surface area contributed by atoms with Crippen LogP contribution in [-0.2, 0) is 38.1 Å². The summed E-state index contributed by atoms with van der Waals surface area (Å²) in [6.07, 6.45) is -0.369. The van der Waals surface area contributed by atoms with Gasteiger partial charge in [0.15, 0.2) is 5.76 Å². The van der Waals surface area contributed by atoms with Gasteiger partial charge < -0.3 is 40.4 Å². The number of ether oxygens (including phenoxy) is 4. The number of nitrogens with two attached hydrogens (primary N) is 1. The number of allylic oxidation sites excluding steroid dienone is 4. The maximum atomic E-state index is 13.2. The lowest BCUT2D eigenvalue weighted by Gasteiger charge is -2.27. The van der Waals surface area contributed by atoms with Gasteiger partial charge in [0.2, 0.25) is 17.7 Å². The Morgan fingerprint density at radius 1 is 1.13 bits per heavy atom. The molecule has 0 spiro atoms. The monoisotopic (exact) mass is 549 g/mol. The molecule has 0 saturated carbocycles. The number of primary amides is 1. The quantitative estimate of drug-likeness (QED) is 0.345. The topological polar surface area (TPSA) is 193 Å². The Bertz CT molecular complexity index is 1110. The number of Topliss-reactive ketones (excluding diaryl/α,β-unsaturated/α-hetero) is 1. The maximum absolute atomic E-state index is 13.2. The van der Waals surface area contributed by atoms with Crippen molar-refractivity contribution in [3.63, 3.8) is 0 Å². The number of hydrogen-bond acceptors (Lipinski definition) is 10. The van der Waals surface area contributed by atoms with Crippen molar-refractivity contribution in [2.24, 2.45) is 11.7 Å². The Balaban J connectivity index is 2.49. The van der Waals surface area contributed by atoms with Crippen molar-refractivity contribution in [3.05, 3.63) is 46.9 Å². The molecule has 0 aromatic heterocycles. The van der Waals surface area contributed by atoms with E-state index >= 15 is 0 Å². The van der Waals surface area contributed by atoms with Crippen molar-refractivity contribution in [1.82, 2.24) is 10.6 Å². The summed E-state index contributed by atoms with van der Waals surface area (Å²) >= 11 is 0.